The van der Waals surface area contributed by atoms with Gasteiger partial charge in [0.15, 0.2) is 5.78 Å². The fraction of sp³-hybridized carbons (Fsp3) is 0.619. The third-order valence-electron chi connectivity index (χ3n) is 4.93. The fourth-order valence-corrected chi connectivity index (χ4v) is 4.01. The predicted octanol–water partition coefficient (Wildman–Crippen LogP) is 5.15. The summed E-state index contributed by atoms with van der Waals surface area (Å²) in [5, 5.41) is 0. The van der Waals surface area contributed by atoms with Crippen LogP contribution in [0.3, 0.4) is 0 Å². The monoisotopic (exact) mass is 379 g/mol. The molecule has 0 aliphatic heterocycles. The first-order valence-electron chi connectivity index (χ1n) is 9.37. The normalized spacial score (nSPS) is 15.8. The summed E-state index contributed by atoms with van der Waals surface area (Å²) in [6.45, 7) is 9.61. The summed E-state index contributed by atoms with van der Waals surface area (Å²) in [4.78, 5) is 26.0. The van der Waals surface area contributed by atoms with Crippen molar-refractivity contribution >= 4 is 20.9 Å². The molecule has 2 rings (SSSR count). The van der Waals surface area contributed by atoms with Crippen molar-refractivity contribution < 1.29 is 18.9 Å². The lowest BCUT2D eigenvalue weighted by atomic mass is 9.75. The molecule has 0 heterocycles. The number of esters is 1. The van der Waals surface area contributed by atoms with Crippen LogP contribution in [0.25, 0.3) is 0 Å². The number of hydrogen-bond acceptors (Lipinski definition) is 4. The van der Waals surface area contributed by atoms with Gasteiger partial charge in [0.2, 0.25) is 0 Å². The van der Waals surface area contributed by atoms with Crippen LogP contribution in [0, 0.1) is 32.6 Å². The van der Waals surface area contributed by atoms with Gasteiger partial charge >= 0.3 is 15.1 Å². The maximum absolute atomic E-state index is 13.3. The van der Waals surface area contributed by atoms with Crippen LogP contribution in [0.2, 0.25) is 0 Å². The van der Waals surface area contributed by atoms with Crippen LogP contribution in [-0.2, 0) is 14.1 Å². The van der Waals surface area contributed by atoms with E-state index < -0.39 is 5.92 Å². The van der Waals surface area contributed by atoms with E-state index in [0.717, 1.165) is 42.4 Å². The van der Waals surface area contributed by atoms with Gasteiger partial charge < -0.3 is 4.74 Å². The fourth-order valence-electron chi connectivity index (χ4n) is 4.01. The van der Waals surface area contributed by atoms with E-state index in [1.807, 2.05) is 46.8 Å². The SMILES string of the molecule is Cc1cc(C)c(C(=O)C(C(=O)OC(C)C)C2CCCCC2)c(C)c1.O=[PH2+]. The van der Waals surface area contributed by atoms with Crippen molar-refractivity contribution in [1.82, 2.24) is 0 Å². The van der Waals surface area contributed by atoms with Gasteiger partial charge in [-0.25, -0.2) is 0 Å². The average molecular weight is 379 g/mol. The molecule has 2 atom stereocenters. The lowest BCUT2D eigenvalue weighted by Crippen LogP contribution is -2.36. The molecule has 1 aliphatic rings. The maximum atomic E-state index is 13.3. The summed E-state index contributed by atoms with van der Waals surface area (Å²) in [5.74, 6) is -0.950. The van der Waals surface area contributed by atoms with E-state index in [1.165, 1.54) is 15.5 Å². The number of ether oxygens (including phenoxy) is 1. The van der Waals surface area contributed by atoms with Gasteiger partial charge in [0.05, 0.1) is 6.10 Å². The Morgan fingerprint density at radius 2 is 1.50 bits per heavy atom. The van der Waals surface area contributed by atoms with E-state index in [-0.39, 0.29) is 23.8 Å². The van der Waals surface area contributed by atoms with E-state index in [1.54, 1.807) is 0 Å². The second kappa shape index (κ2) is 10.6. The van der Waals surface area contributed by atoms with Crippen LogP contribution < -0.4 is 0 Å². The molecule has 1 fully saturated rings. The van der Waals surface area contributed by atoms with Crippen molar-refractivity contribution in [1.29, 1.82) is 0 Å². The summed E-state index contributed by atoms with van der Waals surface area (Å²) in [7, 11) is 1.17. The topological polar surface area (TPSA) is 60.4 Å². The van der Waals surface area contributed by atoms with Crippen LogP contribution in [0.1, 0.15) is 73.0 Å². The minimum Gasteiger partial charge on any atom is -0.462 e. The quantitative estimate of drug-likeness (QED) is 0.307. The number of rotatable bonds is 5. The van der Waals surface area contributed by atoms with Gasteiger partial charge in [0.25, 0.3) is 0 Å². The number of carbonyl (C=O) groups is 2. The van der Waals surface area contributed by atoms with Gasteiger partial charge in [0, 0.05) is 5.56 Å². The third kappa shape index (κ3) is 5.74. The largest absolute Gasteiger partial charge is 0.462 e. The number of aryl methyl sites for hydroxylation is 3. The van der Waals surface area contributed by atoms with E-state index in [9.17, 15) is 9.59 Å². The number of benzene rings is 1. The Balaban J connectivity index is 0.00000163. The van der Waals surface area contributed by atoms with E-state index in [4.69, 9.17) is 9.30 Å². The first-order valence-corrected chi connectivity index (χ1v) is 9.84. The van der Waals surface area contributed by atoms with Crippen molar-refractivity contribution in [2.45, 2.75) is 72.8 Å². The second-order valence-corrected chi connectivity index (χ2v) is 7.50. The summed E-state index contributed by atoms with van der Waals surface area (Å²) >= 11 is 0. The number of carbonyl (C=O) groups excluding carboxylic acids is 2. The zero-order valence-electron chi connectivity index (χ0n) is 16.6. The highest BCUT2D eigenvalue weighted by atomic mass is 31.0. The lowest BCUT2D eigenvalue weighted by molar-refractivity contribution is -0.152. The zero-order chi connectivity index (χ0) is 19.9. The minimum atomic E-state index is -0.659. The molecular weight excluding hydrogens is 347 g/mol. The van der Waals surface area contributed by atoms with Crippen molar-refractivity contribution in [3.05, 3.63) is 34.4 Å². The smallest absolute Gasteiger partial charge is 0.317 e. The van der Waals surface area contributed by atoms with Crippen LogP contribution in [0.15, 0.2) is 12.1 Å². The Hall–Kier alpha value is -1.54. The molecule has 0 radical (unpaired) electrons. The Kier molecular flexibility index (Phi) is 9.15. The Labute approximate surface area is 159 Å². The molecular formula is C21H32O4P+. The number of ketones is 1. The third-order valence-corrected chi connectivity index (χ3v) is 4.93. The predicted molar refractivity (Wildman–Crippen MR) is 107 cm³/mol. The van der Waals surface area contributed by atoms with Crippen LogP contribution >= 0.6 is 9.12 Å². The minimum absolute atomic E-state index is 0.0532. The van der Waals surface area contributed by atoms with Gasteiger partial charge in [-0.05, 0) is 64.5 Å². The van der Waals surface area contributed by atoms with Gasteiger partial charge in [-0.3, -0.25) is 9.59 Å². The number of hydrogen-bond donors (Lipinski definition) is 0. The lowest BCUT2D eigenvalue weighted by Gasteiger charge is -2.29. The van der Waals surface area contributed by atoms with Crippen molar-refractivity contribution in [2.75, 3.05) is 0 Å². The highest BCUT2D eigenvalue weighted by Gasteiger charge is 2.38. The van der Waals surface area contributed by atoms with Crippen LogP contribution in [0.4, 0.5) is 0 Å². The van der Waals surface area contributed by atoms with Gasteiger partial charge in [-0.1, -0.05) is 41.5 Å². The van der Waals surface area contributed by atoms with E-state index in [0.29, 0.717) is 5.56 Å². The number of Topliss-reactive ketones (excluding diaryl/α,β-unsaturated/α-hetero) is 1. The first kappa shape index (κ1) is 22.5. The highest BCUT2D eigenvalue weighted by Crippen LogP contribution is 2.34. The standard InChI is InChI=1S/C21H30O3.H2OP/c1-13(2)24-21(23)19(17-9-7-6-8-10-17)20(22)18-15(4)11-14(3)12-16(18)5;1-2/h11-13,17,19H,6-10H2,1-5H3;2H2/q;+1. The average Bonchev–Trinajstić information content (AvgIpc) is 2.56. The zero-order valence-corrected chi connectivity index (χ0v) is 17.8. The molecule has 26 heavy (non-hydrogen) atoms. The molecule has 1 aromatic carbocycles. The molecule has 0 spiro atoms. The summed E-state index contributed by atoms with van der Waals surface area (Å²) in [6.07, 6.45) is 5.06. The molecule has 0 saturated heterocycles. The Morgan fingerprint density at radius 1 is 1.00 bits per heavy atom. The van der Waals surface area contributed by atoms with Crippen LogP contribution in [0.5, 0.6) is 0 Å². The molecule has 0 amide bonds. The Bertz CT molecular complexity index is 610. The molecule has 144 valence electrons. The van der Waals surface area contributed by atoms with Gasteiger partial charge in [0.1, 0.15) is 5.92 Å². The van der Waals surface area contributed by atoms with E-state index >= 15 is 0 Å². The molecule has 1 aromatic rings. The molecule has 0 N–H and O–H groups in total. The van der Waals surface area contributed by atoms with Crippen molar-refractivity contribution in [3.63, 3.8) is 0 Å². The van der Waals surface area contributed by atoms with Crippen molar-refractivity contribution in [3.8, 4) is 0 Å². The van der Waals surface area contributed by atoms with E-state index in [2.05, 4.69) is 0 Å². The molecule has 2 unspecified atom stereocenters. The molecule has 1 aliphatic carbocycles. The highest BCUT2D eigenvalue weighted by molar-refractivity contribution is 7.00. The van der Waals surface area contributed by atoms with Crippen LogP contribution in [-0.4, -0.2) is 17.9 Å². The summed E-state index contributed by atoms with van der Waals surface area (Å²) in [5.41, 5.74) is 3.75. The Morgan fingerprint density at radius 3 is 1.96 bits per heavy atom. The maximum Gasteiger partial charge on any atom is 0.317 e. The molecule has 0 bridgehead atoms. The molecule has 5 heteroatoms. The first-order chi connectivity index (χ1) is 12.3. The molecule has 0 aromatic heterocycles. The summed E-state index contributed by atoms with van der Waals surface area (Å²) < 4.78 is 13.6. The molecule has 4 nitrogen and oxygen atoms in total. The second-order valence-electron chi connectivity index (χ2n) is 7.50. The molecule has 1 saturated carbocycles. The van der Waals surface area contributed by atoms with Gasteiger partial charge in [-0.2, -0.15) is 0 Å². The summed E-state index contributed by atoms with van der Waals surface area (Å²) in [6, 6.07) is 4.04. The van der Waals surface area contributed by atoms with Crippen molar-refractivity contribution in [2.24, 2.45) is 11.8 Å². The van der Waals surface area contributed by atoms with Gasteiger partial charge in [-0.15, -0.1) is 0 Å².